The van der Waals surface area contributed by atoms with Crippen LogP contribution in [0.3, 0.4) is 0 Å². The summed E-state index contributed by atoms with van der Waals surface area (Å²) in [7, 11) is -3.28. The lowest BCUT2D eigenvalue weighted by Crippen LogP contribution is -2.46. The SMILES string of the molecule is CC(C)(C)N1C(=O)CC(P(=O)(c2ccccc2)c2ccccc2)C1=O. The van der Waals surface area contributed by atoms with Crippen molar-refractivity contribution in [1.82, 2.24) is 4.90 Å². The third kappa shape index (κ3) is 2.96. The van der Waals surface area contributed by atoms with E-state index in [0.29, 0.717) is 10.6 Å². The minimum Gasteiger partial charge on any atom is -0.313 e. The van der Waals surface area contributed by atoms with Gasteiger partial charge < -0.3 is 4.57 Å². The molecule has 0 spiro atoms. The summed E-state index contributed by atoms with van der Waals surface area (Å²) in [5, 5.41) is 1.23. The first-order chi connectivity index (χ1) is 11.8. The van der Waals surface area contributed by atoms with Crippen LogP contribution in [0.15, 0.2) is 60.7 Å². The van der Waals surface area contributed by atoms with Gasteiger partial charge >= 0.3 is 0 Å². The summed E-state index contributed by atoms with van der Waals surface area (Å²) >= 11 is 0. The van der Waals surface area contributed by atoms with Gasteiger partial charge in [0, 0.05) is 22.6 Å². The molecule has 1 heterocycles. The van der Waals surface area contributed by atoms with E-state index in [1.807, 2.05) is 57.2 Å². The minimum absolute atomic E-state index is 0.0167. The normalized spacial score (nSPS) is 18.7. The van der Waals surface area contributed by atoms with Crippen molar-refractivity contribution in [2.75, 3.05) is 0 Å². The second kappa shape index (κ2) is 6.27. The predicted molar refractivity (Wildman–Crippen MR) is 99.8 cm³/mol. The molecule has 1 fully saturated rings. The number of amides is 2. The van der Waals surface area contributed by atoms with Gasteiger partial charge in [-0.05, 0) is 20.8 Å². The Kier molecular flexibility index (Phi) is 4.42. The van der Waals surface area contributed by atoms with E-state index >= 15 is 0 Å². The number of hydrogen-bond donors (Lipinski definition) is 0. The molecule has 3 rings (SSSR count). The van der Waals surface area contributed by atoms with Crippen LogP contribution in [0.25, 0.3) is 0 Å². The molecule has 1 aliphatic rings. The lowest BCUT2D eigenvalue weighted by atomic mass is 10.1. The number of imide groups is 1. The molecule has 0 aliphatic carbocycles. The van der Waals surface area contributed by atoms with E-state index in [0.717, 1.165) is 0 Å². The Morgan fingerprint density at radius 3 is 1.68 bits per heavy atom. The maximum absolute atomic E-state index is 14.2. The summed E-state index contributed by atoms with van der Waals surface area (Å²) in [5.74, 6) is -0.594. The Balaban J connectivity index is 2.17. The third-order valence-corrected chi connectivity index (χ3v) is 7.92. The zero-order valence-corrected chi connectivity index (χ0v) is 15.6. The summed E-state index contributed by atoms with van der Waals surface area (Å²) < 4.78 is 14.2. The summed E-state index contributed by atoms with van der Waals surface area (Å²) in [6.07, 6.45) is -0.0167. The van der Waals surface area contributed by atoms with Crippen molar-refractivity contribution < 1.29 is 14.2 Å². The molecule has 4 nitrogen and oxygen atoms in total. The van der Waals surface area contributed by atoms with Crippen molar-refractivity contribution in [1.29, 1.82) is 0 Å². The highest BCUT2D eigenvalue weighted by Gasteiger charge is 2.52. The number of hydrogen-bond acceptors (Lipinski definition) is 3. The number of carbonyl (C=O) groups is 2. The molecule has 0 N–H and O–H groups in total. The van der Waals surface area contributed by atoms with E-state index < -0.39 is 18.3 Å². The minimum atomic E-state index is -3.28. The van der Waals surface area contributed by atoms with Crippen LogP contribution < -0.4 is 10.6 Å². The topological polar surface area (TPSA) is 54.5 Å². The maximum Gasteiger partial charge on any atom is 0.241 e. The van der Waals surface area contributed by atoms with Crippen LogP contribution in [-0.2, 0) is 14.2 Å². The van der Waals surface area contributed by atoms with E-state index in [1.54, 1.807) is 24.3 Å². The lowest BCUT2D eigenvalue weighted by Gasteiger charge is -2.31. The highest BCUT2D eigenvalue weighted by atomic mass is 31.2. The second-order valence-electron chi connectivity index (χ2n) is 7.29. The highest BCUT2D eigenvalue weighted by Crippen LogP contribution is 2.53. The number of benzene rings is 2. The van der Waals surface area contributed by atoms with Gasteiger partial charge in [-0.1, -0.05) is 60.7 Å². The van der Waals surface area contributed by atoms with Gasteiger partial charge in [-0.25, -0.2) is 0 Å². The maximum atomic E-state index is 14.2. The van der Waals surface area contributed by atoms with Crippen LogP contribution in [0.4, 0.5) is 0 Å². The van der Waals surface area contributed by atoms with Crippen LogP contribution >= 0.6 is 7.14 Å². The third-order valence-electron chi connectivity index (χ3n) is 4.51. The Labute approximate surface area is 148 Å². The van der Waals surface area contributed by atoms with Gasteiger partial charge in [0.1, 0.15) is 5.66 Å². The van der Waals surface area contributed by atoms with E-state index in [1.165, 1.54) is 4.90 Å². The van der Waals surface area contributed by atoms with Gasteiger partial charge in [0.25, 0.3) is 0 Å². The van der Waals surface area contributed by atoms with Crippen LogP contribution in [0.5, 0.6) is 0 Å². The van der Waals surface area contributed by atoms with E-state index in [4.69, 9.17) is 0 Å². The first-order valence-electron chi connectivity index (χ1n) is 8.34. The predicted octanol–water partition coefficient (Wildman–Crippen LogP) is 2.93. The lowest BCUT2D eigenvalue weighted by molar-refractivity contribution is -0.143. The Bertz CT molecular complexity index is 797. The van der Waals surface area contributed by atoms with Crippen LogP contribution in [-0.4, -0.2) is 27.9 Å². The monoisotopic (exact) mass is 355 g/mol. The molecular weight excluding hydrogens is 333 g/mol. The van der Waals surface area contributed by atoms with Crippen LogP contribution in [0, 0.1) is 0 Å². The average molecular weight is 355 g/mol. The molecule has 0 aromatic heterocycles. The highest BCUT2D eigenvalue weighted by molar-refractivity contribution is 7.80. The van der Waals surface area contributed by atoms with E-state index in [2.05, 4.69) is 0 Å². The zero-order chi connectivity index (χ0) is 18.2. The molecule has 0 radical (unpaired) electrons. The fraction of sp³-hybridized carbons (Fsp3) is 0.300. The van der Waals surface area contributed by atoms with Gasteiger partial charge in [-0.15, -0.1) is 0 Å². The molecule has 0 saturated carbocycles. The summed E-state index contributed by atoms with van der Waals surface area (Å²) in [6.45, 7) is 5.46. The molecule has 5 heteroatoms. The van der Waals surface area contributed by atoms with E-state index in [9.17, 15) is 14.2 Å². The fourth-order valence-electron chi connectivity index (χ4n) is 3.41. The first kappa shape index (κ1) is 17.6. The fourth-order valence-corrected chi connectivity index (χ4v) is 6.50. The quantitative estimate of drug-likeness (QED) is 0.628. The number of likely N-dealkylation sites (tertiary alicyclic amines) is 1. The molecule has 25 heavy (non-hydrogen) atoms. The van der Waals surface area contributed by atoms with Gasteiger partial charge in [0.15, 0.2) is 7.14 Å². The Morgan fingerprint density at radius 2 is 1.32 bits per heavy atom. The molecular formula is C20H22NO3P. The molecule has 2 amide bonds. The van der Waals surface area contributed by atoms with Crippen LogP contribution in [0.1, 0.15) is 27.2 Å². The average Bonchev–Trinajstić information content (AvgIpc) is 2.90. The molecule has 1 unspecified atom stereocenters. The molecule has 130 valence electrons. The first-order valence-corrected chi connectivity index (χ1v) is 10.1. The van der Waals surface area contributed by atoms with E-state index in [-0.39, 0.29) is 18.2 Å². The van der Waals surface area contributed by atoms with Crippen molar-refractivity contribution in [2.45, 2.75) is 38.4 Å². The van der Waals surface area contributed by atoms with Crippen LogP contribution in [0.2, 0.25) is 0 Å². The molecule has 1 saturated heterocycles. The molecule has 1 atom stereocenters. The molecule has 2 aromatic rings. The number of carbonyl (C=O) groups excluding carboxylic acids is 2. The summed E-state index contributed by atoms with van der Waals surface area (Å²) in [5.41, 5.74) is -1.47. The van der Waals surface area contributed by atoms with Gasteiger partial charge in [0.2, 0.25) is 11.8 Å². The van der Waals surface area contributed by atoms with Crippen molar-refractivity contribution >= 4 is 29.6 Å². The van der Waals surface area contributed by atoms with Crippen molar-refractivity contribution in [2.24, 2.45) is 0 Å². The van der Waals surface area contributed by atoms with Crippen molar-refractivity contribution in [3.8, 4) is 0 Å². The number of rotatable bonds is 3. The van der Waals surface area contributed by atoms with Crippen molar-refractivity contribution in [3.05, 3.63) is 60.7 Å². The summed E-state index contributed by atoms with van der Waals surface area (Å²) in [6, 6.07) is 18.1. The van der Waals surface area contributed by atoms with Crippen molar-refractivity contribution in [3.63, 3.8) is 0 Å². The largest absolute Gasteiger partial charge is 0.313 e. The molecule has 1 aliphatic heterocycles. The van der Waals surface area contributed by atoms with Gasteiger partial charge in [-0.2, -0.15) is 0 Å². The Hall–Kier alpha value is -2.19. The smallest absolute Gasteiger partial charge is 0.241 e. The van der Waals surface area contributed by atoms with Gasteiger partial charge in [0.05, 0.1) is 0 Å². The van der Waals surface area contributed by atoms with Gasteiger partial charge in [-0.3, -0.25) is 14.5 Å². The zero-order valence-electron chi connectivity index (χ0n) is 14.7. The second-order valence-corrected chi connectivity index (χ2v) is 10.3. The molecule has 2 aromatic carbocycles. The Morgan fingerprint density at radius 1 is 0.880 bits per heavy atom. The summed E-state index contributed by atoms with van der Waals surface area (Å²) in [4.78, 5) is 26.9. The number of nitrogens with zero attached hydrogens (tertiary/aromatic N) is 1. The standard InChI is InChI=1S/C20H22NO3P/c1-20(2,3)21-18(22)14-17(19(21)23)25(24,15-10-6-4-7-11-15)16-12-8-5-9-13-16/h4-13,17H,14H2,1-3H3. The molecule has 0 bridgehead atoms.